The standard InChI is InChI=1S/C17H16O4/c1-19-11-20-14-10-6-5-9-13(14)15(18)17-16(21-17)12-7-3-2-4-8-12/h2-10,16-17H,11H2,1H3/t16-,17-/m1/s1. The summed E-state index contributed by atoms with van der Waals surface area (Å²) in [5.41, 5.74) is 1.55. The monoisotopic (exact) mass is 284 g/mol. The van der Waals surface area contributed by atoms with Gasteiger partial charge in [0.15, 0.2) is 18.7 Å². The molecule has 1 aliphatic heterocycles. The highest BCUT2D eigenvalue weighted by atomic mass is 16.7. The molecule has 0 bridgehead atoms. The Balaban J connectivity index is 1.75. The molecule has 2 aromatic rings. The normalized spacial score (nSPS) is 20.0. The molecule has 0 N–H and O–H groups in total. The Hall–Kier alpha value is -2.17. The van der Waals surface area contributed by atoms with Gasteiger partial charge in [-0.15, -0.1) is 0 Å². The molecule has 1 saturated heterocycles. The predicted octanol–water partition coefficient (Wildman–Crippen LogP) is 2.99. The van der Waals surface area contributed by atoms with Gasteiger partial charge in [0, 0.05) is 7.11 Å². The molecular formula is C17H16O4. The van der Waals surface area contributed by atoms with Crippen LogP contribution in [0.15, 0.2) is 54.6 Å². The van der Waals surface area contributed by atoms with Gasteiger partial charge in [0.1, 0.15) is 11.9 Å². The first-order chi connectivity index (χ1) is 10.3. The van der Waals surface area contributed by atoms with Crippen LogP contribution in [0.5, 0.6) is 5.75 Å². The third-order valence-electron chi connectivity index (χ3n) is 3.36. The van der Waals surface area contributed by atoms with E-state index in [0.717, 1.165) is 5.56 Å². The SMILES string of the molecule is COCOc1ccccc1C(=O)[C@H]1O[C@@H]1c1ccccc1. The lowest BCUT2D eigenvalue weighted by Gasteiger charge is -2.08. The number of carbonyl (C=O) groups excluding carboxylic acids is 1. The second-order valence-electron chi connectivity index (χ2n) is 4.80. The smallest absolute Gasteiger partial charge is 0.198 e. The Morgan fingerprint density at radius 3 is 2.57 bits per heavy atom. The van der Waals surface area contributed by atoms with E-state index in [4.69, 9.17) is 14.2 Å². The highest BCUT2D eigenvalue weighted by Crippen LogP contribution is 2.41. The van der Waals surface area contributed by atoms with Crippen LogP contribution in [0.3, 0.4) is 0 Å². The van der Waals surface area contributed by atoms with Crippen LogP contribution in [0.1, 0.15) is 22.0 Å². The van der Waals surface area contributed by atoms with Crippen molar-refractivity contribution in [3.05, 3.63) is 65.7 Å². The molecule has 0 radical (unpaired) electrons. The molecule has 2 aromatic carbocycles. The molecule has 2 atom stereocenters. The van der Waals surface area contributed by atoms with E-state index in [2.05, 4.69) is 0 Å². The van der Waals surface area contributed by atoms with Crippen molar-refractivity contribution in [2.45, 2.75) is 12.2 Å². The van der Waals surface area contributed by atoms with Crippen LogP contribution in [0, 0.1) is 0 Å². The van der Waals surface area contributed by atoms with E-state index in [1.54, 1.807) is 19.2 Å². The highest BCUT2D eigenvalue weighted by molar-refractivity contribution is 6.03. The third kappa shape index (κ3) is 2.96. The van der Waals surface area contributed by atoms with Crippen LogP contribution in [0.4, 0.5) is 0 Å². The van der Waals surface area contributed by atoms with Crippen molar-refractivity contribution >= 4 is 5.78 Å². The maximum Gasteiger partial charge on any atom is 0.198 e. The summed E-state index contributed by atoms with van der Waals surface area (Å²) in [6.45, 7) is 0.109. The Kier molecular flexibility index (Phi) is 3.99. The van der Waals surface area contributed by atoms with Gasteiger partial charge >= 0.3 is 0 Å². The molecule has 1 fully saturated rings. The van der Waals surface area contributed by atoms with E-state index >= 15 is 0 Å². The summed E-state index contributed by atoms with van der Waals surface area (Å²) in [6.07, 6.45) is -0.589. The van der Waals surface area contributed by atoms with Crippen LogP contribution in [-0.2, 0) is 9.47 Å². The largest absolute Gasteiger partial charge is 0.467 e. The third-order valence-corrected chi connectivity index (χ3v) is 3.36. The number of epoxide rings is 1. The van der Waals surface area contributed by atoms with E-state index in [-0.39, 0.29) is 18.7 Å². The number of methoxy groups -OCH3 is 1. The zero-order valence-corrected chi connectivity index (χ0v) is 11.7. The molecule has 1 aliphatic rings. The first kappa shape index (κ1) is 13.8. The van der Waals surface area contributed by atoms with Gasteiger partial charge in [-0.2, -0.15) is 0 Å². The first-order valence-corrected chi connectivity index (χ1v) is 6.76. The molecule has 4 heteroatoms. The fraction of sp³-hybridized carbons (Fsp3) is 0.235. The van der Waals surface area contributed by atoms with Gasteiger partial charge < -0.3 is 14.2 Å². The minimum absolute atomic E-state index is 0.0597. The van der Waals surface area contributed by atoms with Crippen molar-refractivity contribution in [1.82, 2.24) is 0 Å². The summed E-state index contributed by atoms with van der Waals surface area (Å²) in [7, 11) is 1.54. The molecule has 0 aliphatic carbocycles. The first-order valence-electron chi connectivity index (χ1n) is 6.76. The van der Waals surface area contributed by atoms with Crippen molar-refractivity contribution in [2.24, 2.45) is 0 Å². The van der Waals surface area contributed by atoms with Gasteiger partial charge in [0.05, 0.1) is 5.56 Å². The highest BCUT2D eigenvalue weighted by Gasteiger charge is 2.46. The van der Waals surface area contributed by atoms with Crippen molar-refractivity contribution in [3.63, 3.8) is 0 Å². The number of para-hydroxylation sites is 1. The van der Waals surface area contributed by atoms with Gasteiger partial charge in [-0.1, -0.05) is 42.5 Å². The lowest BCUT2D eigenvalue weighted by atomic mass is 10.0. The number of hydrogen-bond acceptors (Lipinski definition) is 4. The average molecular weight is 284 g/mol. The number of rotatable bonds is 6. The van der Waals surface area contributed by atoms with Crippen LogP contribution in [0.2, 0.25) is 0 Å². The van der Waals surface area contributed by atoms with E-state index in [1.165, 1.54) is 0 Å². The summed E-state index contributed by atoms with van der Waals surface area (Å²) in [4.78, 5) is 12.5. The zero-order valence-electron chi connectivity index (χ0n) is 11.7. The van der Waals surface area contributed by atoms with Crippen LogP contribution in [-0.4, -0.2) is 25.8 Å². The lowest BCUT2D eigenvalue weighted by Crippen LogP contribution is -2.11. The summed E-state index contributed by atoms with van der Waals surface area (Å²) in [6, 6.07) is 16.9. The number of carbonyl (C=O) groups is 1. The van der Waals surface area contributed by atoms with E-state index in [1.807, 2.05) is 42.5 Å². The molecule has 21 heavy (non-hydrogen) atoms. The zero-order chi connectivity index (χ0) is 14.7. The quantitative estimate of drug-likeness (QED) is 0.465. The lowest BCUT2D eigenvalue weighted by molar-refractivity contribution is 0.0501. The molecule has 1 heterocycles. The molecule has 0 saturated carbocycles. The van der Waals surface area contributed by atoms with E-state index in [0.29, 0.717) is 11.3 Å². The minimum Gasteiger partial charge on any atom is -0.467 e. The number of ketones is 1. The van der Waals surface area contributed by atoms with Crippen LogP contribution >= 0.6 is 0 Å². The van der Waals surface area contributed by atoms with E-state index in [9.17, 15) is 4.79 Å². The second-order valence-corrected chi connectivity index (χ2v) is 4.80. The summed E-state index contributed by atoms with van der Waals surface area (Å²) in [5, 5.41) is 0. The fourth-order valence-corrected chi connectivity index (χ4v) is 2.28. The molecule has 0 amide bonds. The Morgan fingerprint density at radius 2 is 1.81 bits per heavy atom. The molecule has 0 aromatic heterocycles. The molecular weight excluding hydrogens is 268 g/mol. The number of Topliss-reactive ketones (excluding diaryl/α,β-unsaturated/α-hetero) is 1. The summed E-state index contributed by atoms with van der Waals surface area (Å²) >= 11 is 0. The Bertz CT molecular complexity index is 624. The van der Waals surface area contributed by atoms with Crippen LogP contribution in [0.25, 0.3) is 0 Å². The van der Waals surface area contributed by atoms with Gasteiger partial charge in [0.25, 0.3) is 0 Å². The van der Waals surface area contributed by atoms with Gasteiger partial charge in [-0.3, -0.25) is 4.79 Å². The number of hydrogen-bond donors (Lipinski definition) is 0. The maximum atomic E-state index is 12.5. The topological polar surface area (TPSA) is 48.1 Å². The van der Waals surface area contributed by atoms with Crippen molar-refractivity contribution < 1.29 is 19.0 Å². The van der Waals surface area contributed by atoms with Crippen molar-refractivity contribution in [1.29, 1.82) is 0 Å². The maximum absolute atomic E-state index is 12.5. The molecule has 0 spiro atoms. The average Bonchev–Trinajstić information content (AvgIpc) is 3.34. The molecule has 108 valence electrons. The van der Waals surface area contributed by atoms with Crippen molar-refractivity contribution in [3.8, 4) is 5.75 Å². The Morgan fingerprint density at radius 1 is 1.10 bits per heavy atom. The minimum atomic E-state index is -0.431. The fourth-order valence-electron chi connectivity index (χ4n) is 2.28. The number of ether oxygens (including phenoxy) is 3. The summed E-state index contributed by atoms with van der Waals surface area (Å²) < 4.78 is 15.9. The van der Waals surface area contributed by atoms with Crippen LogP contribution < -0.4 is 4.74 Å². The molecule has 4 nitrogen and oxygen atoms in total. The van der Waals surface area contributed by atoms with E-state index < -0.39 is 6.10 Å². The van der Waals surface area contributed by atoms with Crippen molar-refractivity contribution in [2.75, 3.05) is 13.9 Å². The summed E-state index contributed by atoms with van der Waals surface area (Å²) in [5.74, 6) is 0.460. The second kappa shape index (κ2) is 6.08. The van der Waals surface area contributed by atoms with Gasteiger partial charge in [0.2, 0.25) is 0 Å². The predicted molar refractivity (Wildman–Crippen MR) is 77.3 cm³/mol. The number of benzene rings is 2. The van der Waals surface area contributed by atoms with Gasteiger partial charge in [-0.05, 0) is 17.7 Å². The molecule has 0 unspecified atom stereocenters. The Labute approximate surface area is 123 Å². The van der Waals surface area contributed by atoms with Gasteiger partial charge in [-0.25, -0.2) is 0 Å². The molecule has 3 rings (SSSR count).